The molecule has 0 aromatic carbocycles. The van der Waals surface area contributed by atoms with E-state index in [4.69, 9.17) is 5.11 Å². The zero-order valence-corrected chi connectivity index (χ0v) is 11.9. The lowest BCUT2D eigenvalue weighted by Gasteiger charge is -2.36. The molecule has 1 fully saturated rings. The number of hydrogen-bond acceptors (Lipinski definition) is 3. The number of rotatable bonds is 4. The van der Waals surface area contributed by atoms with Crippen molar-refractivity contribution in [3.63, 3.8) is 0 Å². The predicted molar refractivity (Wildman–Crippen MR) is 70.9 cm³/mol. The van der Waals surface area contributed by atoms with Gasteiger partial charge in [0.2, 0.25) is 0 Å². The van der Waals surface area contributed by atoms with Crippen LogP contribution in [0.15, 0.2) is 0 Å². The second kappa shape index (κ2) is 5.77. The van der Waals surface area contributed by atoms with Gasteiger partial charge in [-0.2, -0.15) is 0 Å². The first-order chi connectivity index (χ1) is 8.70. The maximum atomic E-state index is 11.9. The van der Waals surface area contributed by atoms with Crippen molar-refractivity contribution >= 4 is 12.0 Å². The van der Waals surface area contributed by atoms with Gasteiger partial charge in [0.1, 0.15) is 0 Å². The summed E-state index contributed by atoms with van der Waals surface area (Å²) in [7, 11) is 0. The first kappa shape index (κ1) is 15.8. The van der Waals surface area contributed by atoms with E-state index >= 15 is 0 Å². The summed E-state index contributed by atoms with van der Waals surface area (Å²) in [5.74, 6) is -0.906. The monoisotopic (exact) mass is 272 g/mol. The molecule has 0 aromatic heterocycles. The third kappa shape index (κ3) is 4.09. The molecule has 1 rings (SSSR count). The van der Waals surface area contributed by atoms with E-state index in [0.29, 0.717) is 32.4 Å². The van der Waals surface area contributed by atoms with Gasteiger partial charge in [0.05, 0.1) is 11.0 Å². The lowest BCUT2D eigenvalue weighted by atomic mass is 9.88. The second-order valence-corrected chi connectivity index (χ2v) is 5.86. The molecule has 0 radical (unpaired) electrons. The number of carboxylic acids is 1. The number of amides is 2. The number of hydrogen-bond donors (Lipinski definition) is 3. The van der Waals surface area contributed by atoms with Gasteiger partial charge in [-0.15, -0.1) is 0 Å². The molecule has 1 aliphatic rings. The molecular weight excluding hydrogens is 248 g/mol. The molecule has 110 valence electrons. The first-order valence-electron chi connectivity index (χ1n) is 6.69. The van der Waals surface area contributed by atoms with Crippen LogP contribution in [0, 0.1) is 5.41 Å². The molecule has 3 N–H and O–H groups in total. The van der Waals surface area contributed by atoms with E-state index in [1.54, 1.807) is 25.7 Å². The lowest BCUT2D eigenvalue weighted by Crippen LogP contribution is -2.51. The molecule has 2 amide bonds. The SMILES string of the molecule is CCC(C)(CNC(=O)N1CCC(C)(O)CC1)C(=O)O. The van der Waals surface area contributed by atoms with Crippen LogP contribution in [0.25, 0.3) is 0 Å². The fraction of sp³-hybridized carbons (Fsp3) is 0.846. The Kier molecular flexibility index (Phi) is 4.79. The van der Waals surface area contributed by atoms with Crippen LogP contribution in [-0.2, 0) is 4.79 Å². The average molecular weight is 272 g/mol. The molecule has 1 saturated heterocycles. The Morgan fingerprint density at radius 1 is 1.37 bits per heavy atom. The van der Waals surface area contributed by atoms with Crippen LogP contribution < -0.4 is 5.32 Å². The normalized spacial score (nSPS) is 21.6. The molecule has 0 saturated carbocycles. The molecule has 0 spiro atoms. The van der Waals surface area contributed by atoms with E-state index in [-0.39, 0.29) is 12.6 Å². The maximum Gasteiger partial charge on any atom is 0.317 e. The Labute approximate surface area is 113 Å². The number of nitrogens with one attached hydrogen (secondary N) is 1. The largest absolute Gasteiger partial charge is 0.481 e. The van der Waals surface area contributed by atoms with Crippen molar-refractivity contribution in [2.45, 2.75) is 45.6 Å². The summed E-state index contributed by atoms with van der Waals surface area (Å²) in [6.07, 6.45) is 1.55. The number of likely N-dealkylation sites (tertiary alicyclic amines) is 1. The van der Waals surface area contributed by atoms with E-state index in [0.717, 1.165) is 0 Å². The molecule has 6 heteroatoms. The molecule has 0 aliphatic carbocycles. The average Bonchev–Trinajstić information content (AvgIpc) is 2.35. The van der Waals surface area contributed by atoms with Gasteiger partial charge in [-0.1, -0.05) is 6.92 Å². The summed E-state index contributed by atoms with van der Waals surface area (Å²) in [5, 5.41) is 21.6. The molecule has 1 heterocycles. The van der Waals surface area contributed by atoms with E-state index < -0.39 is 17.0 Å². The smallest absolute Gasteiger partial charge is 0.317 e. The number of nitrogens with zero attached hydrogens (tertiary/aromatic N) is 1. The fourth-order valence-corrected chi connectivity index (χ4v) is 1.93. The summed E-state index contributed by atoms with van der Waals surface area (Å²) in [5.41, 5.74) is -1.63. The number of piperidine rings is 1. The van der Waals surface area contributed by atoms with Crippen molar-refractivity contribution in [3.05, 3.63) is 0 Å². The summed E-state index contributed by atoms with van der Waals surface area (Å²) < 4.78 is 0. The van der Waals surface area contributed by atoms with E-state index in [2.05, 4.69) is 5.32 Å². The van der Waals surface area contributed by atoms with Crippen LogP contribution in [-0.4, -0.2) is 52.3 Å². The van der Waals surface area contributed by atoms with Gasteiger partial charge in [0, 0.05) is 19.6 Å². The summed E-state index contributed by atoms with van der Waals surface area (Å²) in [4.78, 5) is 24.7. The molecule has 1 aliphatic heterocycles. The maximum absolute atomic E-state index is 11.9. The first-order valence-corrected chi connectivity index (χ1v) is 6.69. The van der Waals surface area contributed by atoms with Crippen molar-refractivity contribution in [1.29, 1.82) is 0 Å². The summed E-state index contributed by atoms with van der Waals surface area (Å²) >= 11 is 0. The highest BCUT2D eigenvalue weighted by Crippen LogP contribution is 2.22. The highest BCUT2D eigenvalue weighted by molar-refractivity contribution is 5.78. The van der Waals surface area contributed by atoms with Gasteiger partial charge >= 0.3 is 12.0 Å². The van der Waals surface area contributed by atoms with Crippen LogP contribution in [0.1, 0.15) is 40.0 Å². The highest BCUT2D eigenvalue weighted by Gasteiger charge is 2.33. The number of carbonyl (C=O) groups is 2. The van der Waals surface area contributed by atoms with E-state index in [1.807, 2.05) is 0 Å². The Balaban J connectivity index is 2.46. The van der Waals surface area contributed by atoms with E-state index in [9.17, 15) is 14.7 Å². The zero-order valence-electron chi connectivity index (χ0n) is 11.9. The van der Waals surface area contributed by atoms with Gasteiger partial charge in [-0.05, 0) is 33.1 Å². The summed E-state index contributed by atoms with van der Waals surface area (Å²) in [6.45, 7) is 6.28. The number of urea groups is 1. The number of carbonyl (C=O) groups excluding carboxylic acids is 1. The zero-order chi connectivity index (χ0) is 14.7. The Morgan fingerprint density at radius 2 is 1.89 bits per heavy atom. The minimum Gasteiger partial charge on any atom is -0.481 e. The Hall–Kier alpha value is -1.30. The minimum absolute atomic E-state index is 0.116. The van der Waals surface area contributed by atoms with Gasteiger partial charge in [0.25, 0.3) is 0 Å². The Bertz CT molecular complexity index is 347. The standard InChI is InChI=1S/C13H24N2O4/c1-4-12(2,10(16)17)9-14-11(18)15-7-5-13(3,19)6-8-15/h19H,4-9H2,1-3H3,(H,14,18)(H,16,17). The molecule has 0 aromatic rings. The van der Waals surface area contributed by atoms with Gasteiger partial charge in [-0.3, -0.25) is 4.79 Å². The molecule has 19 heavy (non-hydrogen) atoms. The van der Waals surface area contributed by atoms with Crippen LogP contribution in [0.4, 0.5) is 4.79 Å². The minimum atomic E-state index is -0.934. The second-order valence-electron chi connectivity index (χ2n) is 5.86. The molecular formula is C13H24N2O4. The van der Waals surface area contributed by atoms with Crippen LogP contribution in [0.5, 0.6) is 0 Å². The topological polar surface area (TPSA) is 89.9 Å². The highest BCUT2D eigenvalue weighted by atomic mass is 16.4. The third-order valence-electron chi connectivity index (χ3n) is 4.05. The van der Waals surface area contributed by atoms with Crippen molar-refractivity contribution in [3.8, 4) is 0 Å². The quantitative estimate of drug-likeness (QED) is 0.713. The third-order valence-corrected chi connectivity index (χ3v) is 4.05. The summed E-state index contributed by atoms with van der Waals surface area (Å²) in [6, 6.07) is -0.253. The Morgan fingerprint density at radius 3 is 2.32 bits per heavy atom. The number of aliphatic hydroxyl groups is 1. The lowest BCUT2D eigenvalue weighted by molar-refractivity contribution is -0.147. The molecule has 1 atom stereocenters. The number of carboxylic acid groups (broad SMARTS) is 1. The van der Waals surface area contributed by atoms with Crippen molar-refractivity contribution in [2.24, 2.45) is 5.41 Å². The van der Waals surface area contributed by atoms with Crippen molar-refractivity contribution in [2.75, 3.05) is 19.6 Å². The van der Waals surface area contributed by atoms with Crippen LogP contribution >= 0.6 is 0 Å². The van der Waals surface area contributed by atoms with Crippen molar-refractivity contribution < 1.29 is 19.8 Å². The molecule has 0 bridgehead atoms. The fourth-order valence-electron chi connectivity index (χ4n) is 1.93. The van der Waals surface area contributed by atoms with Gasteiger partial charge in [-0.25, -0.2) is 4.79 Å². The predicted octanol–water partition coefficient (Wildman–Crippen LogP) is 1.04. The van der Waals surface area contributed by atoms with Crippen molar-refractivity contribution in [1.82, 2.24) is 10.2 Å². The molecule has 1 unspecified atom stereocenters. The van der Waals surface area contributed by atoms with Gasteiger partial charge in [0.15, 0.2) is 0 Å². The number of aliphatic carboxylic acids is 1. The van der Waals surface area contributed by atoms with Crippen LogP contribution in [0.2, 0.25) is 0 Å². The van der Waals surface area contributed by atoms with Crippen LogP contribution in [0.3, 0.4) is 0 Å². The van der Waals surface area contributed by atoms with Gasteiger partial charge < -0.3 is 20.4 Å². The van der Waals surface area contributed by atoms with E-state index in [1.165, 1.54) is 0 Å². The molecule has 6 nitrogen and oxygen atoms in total.